The van der Waals surface area contributed by atoms with E-state index in [0.29, 0.717) is 0 Å². The van der Waals surface area contributed by atoms with Crippen molar-refractivity contribution in [3.63, 3.8) is 0 Å². The molecule has 182 valence electrons. The van der Waals surface area contributed by atoms with Gasteiger partial charge in [0.15, 0.2) is 5.65 Å². The van der Waals surface area contributed by atoms with E-state index in [9.17, 15) is 33.9 Å². The molecule has 1 aliphatic rings. The molecule has 33 heavy (non-hydrogen) atoms. The molecule has 1 aliphatic heterocycles. The summed E-state index contributed by atoms with van der Waals surface area (Å²) in [5.41, 5.74) is 4.95. The quantitative estimate of drug-likeness (QED) is 0.245. The number of nitrogens with two attached hydrogens (primary N) is 1. The van der Waals surface area contributed by atoms with Crippen molar-refractivity contribution in [3.05, 3.63) is 24.2 Å². The molecular formula is C13H18N5O12P3. The topological polar surface area (TPSA) is 269 Å². The van der Waals surface area contributed by atoms with Gasteiger partial charge in [-0.3, -0.25) is 4.52 Å². The third-order valence-corrected chi connectivity index (χ3v) is 8.41. The molecule has 0 radical (unpaired) electrons. The number of nitrogen functional groups attached to an aromatic ring is 1. The molecule has 0 amide bonds. The van der Waals surface area contributed by atoms with Crippen molar-refractivity contribution >= 4 is 34.8 Å². The number of aromatic nitrogens is 3. The number of phosphoric ester groups is 1. The first-order chi connectivity index (χ1) is 15.1. The first kappa shape index (κ1) is 25.9. The lowest BCUT2D eigenvalue weighted by molar-refractivity contribution is -0.0236. The van der Waals surface area contributed by atoms with Crippen LogP contribution in [-0.4, -0.2) is 58.1 Å². The van der Waals surface area contributed by atoms with E-state index < -0.39 is 53.8 Å². The molecule has 2 unspecified atom stereocenters. The van der Waals surface area contributed by atoms with E-state index in [1.54, 1.807) is 0 Å². The maximum atomic E-state index is 11.9. The Morgan fingerprint density at radius 1 is 1.27 bits per heavy atom. The highest BCUT2D eigenvalue weighted by molar-refractivity contribution is 7.66. The summed E-state index contributed by atoms with van der Waals surface area (Å²) in [6, 6.07) is 3.41. The van der Waals surface area contributed by atoms with Crippen molar-refractivity contribution in [1.82, 2.24) is 14.6 Å². The zero-order valence-corrected chi connectivity index (χ0v) is 19.2. The lowest BCUT2D eigenvalue weighted by atomic mass is 9.80. The van der Waals surface area contributed by atoms with Gasteiger partial charge in [0.1, 0.15) is 23.7 Å². The molecule has 2 aromatic rings. The van der Waals surface area contributed by atoms with Crippen LogP contribution in [0.4, 0.5) is 5.69 Å². The molecule has 1 fully saturated rings. The molecule has 3 heterocycles. The van der Waals surface area contributed by atoms with Crippen LogP contribution in [0, 0.1) is 16.7 Å². The van der Waals surface area contributed by atoms with Crippen molar-refractivity contribution in [1.29, 1.82) is 5.26 Å². The minimum absolute atomic E-state index is 0.223. The number of imidazole rings is 1. The van der Waals surface area contributed by atoms with Crippen molar-refractivity contribution in [2.24, 2.45) is 5.41 Å². The highest BCUT2D eigenvalue weighted by Gasteiger charge is 2.56. The van der Waals surface area contributed by atoms with Gasteiger partial charge >= 0.3 is 23.5 Å². The van der Waals surface area contributed by atoms with Crippen LogP contribution in [0.1, 0.15) is 18.7 Å². The Morgan fingerprint density at radius 3 is 2.55 bits per heavy atom. The van der Waals surface area contributed by atoms with Gasteiger partial charge in [0.2, 0.25) is 0 Å². The largest absolute Gasteiger partial charge is 0.490 e. The number of anilines is 1. The highest BCUT2D eigenvalue weighted by Crippen LogP contribution is 2.66. The Morgan fingerprint density at radius 2 is 1.94 bits per heavy atom. The van der Waals surface area contributed by atoms with E-state index in [2.05, 4.69) is 23.2 Å². The summed E-state index contributed by atoms with van der Waals surface area (Å²) in [6.07, 6.45) is -1.52. The van der Waals surface area contributed by atoms with E-state index in [-0.39, 0.29) is 17.0 Å². The lowest BCUT2D eigenvalue weighted by Gasteiger charge is -2.24. The van der Waals surface area contributed by atoms with Crippen LogP contribution in [0.3, 0.4) is 0 Å². The van der Waals surface area contributed by atoms with Gasteiger partial charge in [-0.2, -0.15) is 19.0 Å². The number of ether oxygens (including phenoxy) is 1. The van der Waals surface area contributed by atoms with Crippen LogP contribution < -0.4 is 5.73 Å². The van der Waals surface area contributed by atoms with Gasteiger partial charge in [0, 0.05) is 0 Å². The van der Waals surface area contributed by atoms with Gasteiger partial charge in [-0.15, -0.1) is 0 Å². The zero-order valence-electron chi connectivity index (χ0n) is 16.5. The number of rotatable bonds is 8. The molecule has 6 atom stereocenters. The summed E-state index contributed by atoms with van der Waals surface area (Å²) in [6.45, 7) is 0.407. The van der Waals surface area contributed by atoms with E-state index in [0.717, 1.165) is 0 Å². The molecule has 17 nitrogen and oxygen atoms in total. The van der Waals surface area contributed by atoms with E-state index >= 15 is 0 Å². The molecule has 1 saturated heterocycles. The number of hydrogen-bond donors (Lipinski definition) is 6. The van der Waals surface area contributed by atoms with Crippen LogP contribution in [-0.2, 0) is 31.6 Å². The number of phosphoric acid groups is 3. The molecule has 0 aliphatic carbocycles. The van der Waals surface area contributed by atoms with Crippen LogP contribution in [0.25, 0.3) is 5.65 Å². The number of aliphatic hydroxyl groups excluding tert-OH is 1. The number of nitriles is 1. The molecule has 20 heteroatoms. The smallest absolute Gasteiger partial charge is 0.396 e. The van der Waals surface area contributed by atoms with Gasteiger partial charge in [0.05, 0.1) is 36.5 Å². The van der Waals surface area contributed by atoms with Crippen LogP contribution in [0.2, 0.25) is 0 Å². The predicted molar refractivity (Wildman–Crippen MR) is 105 cm³/mol. The average Bonchev–Trinajstić information content (AvgIpc) is 3.18. The number of fused-ring (bicyclic) bond motifs is 1. The lowest BCUT2D eigenvalue weighted by Crippen LogP contribution is -2.36. The maximum Gasteiger partial charge on any atom is 0.490 e. The molecule has 0 bridgehead atoms. The summed E-state index contributed by atoms with van der Waals surface area (Å²) in [7, 11) is -16.7. The Labute approximate surface area is 184 Å². The first-order valence-electron chi connectivity index (χ1n) is 8.70. The molecule has 0 aromatic carbocycles. The third kappa shape index (κ3) is 5.50. The van der Waals surface area contributed by atoms with Gasteiger partial charge in [-0.05, 0) is 13.0 Å². The maximum absolute atomic E-state index is 11.9. The van der Waals surface area contributed by atoms with Gasteiger partial charge in [0.25, 0.3) is 0 Å². The minimum atomic E-state index is -5.72. The van der Waals surface area contributed by atoms with Crippen LogP contribution in [0.15, 0.2) is 18.5 Å². The summed E-state index contributed by atoms with van der Waals surface area (Å²) in [5.74, 6) is 0. The number of nitrogens with zero attached hydrogens (tertiary/aromatic N) is 4. The summed E-state index contributed by atoms with van der Waals surface area (Å²) in [4.78, 5) is 40.0. The Hall–Kier alpha value is -1.76. The normalized spacial score (nSPS) is 29.4. The molecule has 3 rings (SSSR count). The Kier molecular flexibility index (Phi) is 6.89. The van der Waals surface area contributed by atoms with Gasteiger partial charge in [-0.25, -0.2) is 23.2 Å². The van der Waals surface area contributed by atoms with Gasteiger partial charge < -0.3 is 35.2 Å². The SMILES string of the molecule is C[C@@]1(C#N)[C@H](O)[C@@H](COP(=O)(O)OP(=O)(O)OP(=O)(O)O)O[C@H]1c1cnc2c(N)ccnn12. The molecule has 0 saturated carbocycles. The van der Waals surface area contributed by atoms with E-state index in [1.807, 2.05) is 6.07 Å². The number of hydrogen-bond acceptors (Lipinski definition) is 12. The molecular weight excluding hydrogens is 511 g/mol. The van der Waals surface area contributed by atoms with Crippen molar-refractivity contribution < 1.29 is 56.3 Å². The minimum Gasteiger partial charge on any atom is -0.396 e. The first-order valence-corrected chi connectivity index (χ1v) is 13.2. The fourth-order valence-corrected chi connectivity index (χ4v) is 6.18. The summed E-state index contributed by atoms with van der Waals surface area (Å²) in [5, 5.41) is 24.4. The van der Waals surface area contributed by atoms with Crippen LogP contribution in [0.5, 0.6) is 0 Å². The van der Waals surface area contributed by atoms with Crippen molar-refractivity contribution in [2.45, 2.75) is 25.2 Å². The monoisotopic (exact) mass is 529 g/mol. The Balaban J connectivity index is 1.79. The molecule has 0 spiro atoms. The second-order valence-electron chi connectivity index (χ2n) is 6.99. The number of aliphatic hydroxyl groups is 1. The standard InChI is InChI=1S/C13H18N5O12P3/c1-13(6-14)10(19)9(5-27-32(23,24)30-33(25,26)29-31(20,21)22)28-11(13)8-4-16-12-7(15)2-3-17-18(8)12/h2-4,9-11,19H,5,15H2,1H3,(H,23,24)(H,25,26)(H2,20,21,22)/t9-,10-,11+,13-/m1/s1. The third-order valence-electron chi connectivity index (χ3n) is 4.61. The average molecular weight is 529 g/mol. The highest BCUT2D eigenvalue weighted by atomic mass is 31.3. The second-order valence-corrected chi connectivity index (χ2v) is 11.4. The van der Waals surface area contributed by atoms with Gasteiger partial charge in [-0.1, -0.05) is 0 Å². The molecule has 2 aromatic heterocycles. The zero-order chi connectivity index (χ0) is 24.8. The summed E-state index contributed by atoms with van der Waals surface area (Å²) >= 11 is 0. The predicted octanol–water partition coefficient (Wildman–Crippen LogP) is -0.0145. The summed E-state index contributed by atoms with van der Waals surface area (Å²) < 4.78 is 52.7. The molecule has 7 N–H and O–H groups in total. The van der Waals surface area contributed by atoms with Crippen molar-refractivity contribution in [2.75, 3.05) is 12.3 Å². The Bertz CT molecular complexity index is 1240. The fraction of sp³-hybridized carbons (Fsp3) is 0.462. The van der Waals surface area contributed by atoms with E-state index in [1.165, 1.54) is 29.9 Å². The van der Waals surface area contributed by atoms with Crippen molar-refractivity contribution in [3.8, 4) is 6.07 Å². The fourth-order valence-electron chi connectivity index (χ4n) is 3.15. The van der Waals surface area contributed by atoms with E-state index in [4.69, 9.17) is 20.3 Å². The second kappa shape index (κ2) is 8.79. The van der Waals surface area contributed by atoms with Crippen LogP contribution >= 0.6 is 23.5 Å².